The van der Waals surface area contributed by atoms with Crippen molar-refractivity contribution in [2.75, 3.05) is 27.7 Å². The SMILES string of the molecule is CN=C(NCCC(=O)N(C)C)NC1CC1C. The molecule has 1 aliphatic rings. The number of aliphatic imine (C=N–C) groups is 1. The van der Waals surface area contributed by atoms with Gasteiger partial charge in [0.1, 0.15) is 0 Å². The Morgan fingerprint density at radius 1 is 1.50 bits per heavy atom. The van der Waals surface area contributed by atoms with Crippen molar-refractivity contribution in [2.45, 2.75) is 25.8 Å². The number of carbonyl (C=O) groups is 1. The van der Waals surface area contributed by atoms with Gasteiger partial charge in [0.05, 0.1) is 0 Å². The Labute approximate surface area is 97.3 Å². The Morgan fingerprint density at radius 3 is 2.56 bits per heavy atom. The van der Waals surface area contributed by atoms with E-state index in [1.807, 2.05) is 0 Å². The van der Waals surface area contributed by atoms with Crippen molar-refractivity contribution in [3.8, 4) is 0 Å². The highest BCUT2D eigenvalue weighted by atomic mass is 16.2. The van der Waals surface area contributed by atoms with E-state index in [0.29, 0.717) is 19.0 Å². The molecule has 2 N–H and O–H groups in total. The van der Waals surface area contributed by atoms with Crippen LogP contribution < -0.4 is 10.6 Å². The number of hydrogen-bond acceptors (Lipinski definition) is 2. The molecule has 1 amide bonds. The summed E-state index contributed by atoms with van der Waals surface area (Å²) in [4.78, 5) is 17.0. The van der Waals surface area contributed by atoms with Gasteiger partial charge in [-0.25, -0.2) is 0 Å². The fraction of sp³-hybridized carbons (Fsp3) is 0.818. The molecule has 0 saturated heterocycles. The third-order valence-electron chi connectivity index (χ3n) is 2.79. The maximum absolute atomic E-state index is 11.3. The van der Waals surface area contributed by atoms with E-state index in [0.717, 1.165) is 11.9 Å². The van der Waals surface area contributed by atoms with Gasteiger partial charge in [-0.2, -0.15) is 0 Å². The summed E-state index contributed by atoms with van der Waals surface area (Å²) in [6, 6.07) is 0.552. The summed E-state index contributed by atoms with van der Waals surface area (Å²) in [6.07, 6.45) is 1.70. The molecule has 0 aromatic rings. The largest absolute Gasteiger partial charge is 0.356 e. The summed E-state index contributed by atoms with van der Waals surface area (Å²) < 4.78 is 0. The quantitative estimate of drug-likeness (QED) is 0.525. The van der Waals surface area contributed by atoms with Crippen LogP contribution in [0.5, 0.6) is 0 Å². The van der Waals surface area contributed by atoms with Crippen molar-refractivity contribution >= 4 is 11.9 Å². The molecule has 0 spiro atoms. The molecule has 16 heavy (non-hydrogen) atoms. The second kappa shape index (κ2) is 5.72. The molecule has 0 radical (unpaired) electrons. The smallest absolute Gasteiger partial charge is 0.223 e. The zero-order valence-corrected chi connectivity index (χ0v) is 10.6. The van der Waals surface area contributed by atoms with Crippen molar-refractivity contribution in [2.24, 2.45) is 10.9 Å². The molecule has 0 aromatic heterocycles. The summed E-state index contributed by atoms with van der Waals surface area (Å²) in [5, 5.41) is 6.45. The molecule has 0 bridgehead atoms. The lowest BCUT2D eigenvalue weighted by Gasteiger charge is -2.13. The first kappa shape index (κ1) is 12.8. The zero-order valence-electron chi connectivity index (χ0n) is 10.6. The first-order valence-corrected chi connectivity index (χ1v) is 5.72. The number of amides is 1. The van der Waals surface area contributed by atoms with Crippen LogP contribution in [-0.4, -0.2) is 50.5 Å². The van der Waals surface area contributed by atoms with Crippen LogP contribution in [0.1, 0.15) is 19.8 Å². The lowest BCUT2D eigenvalue weighted by Crippen LogP contribution is -2.40. The predicted molar refractivity (Wildman–Crippen MR) is 65.4 cm³/mol. The Hall–Kier alpha value is -1.26. The minimum Gasteiger partial charge on any atom is -0.356 e. The van der Waals surface area contributed by atoms with Gasteiger partial charge in [0.2, 0.25) is 5.91 Å². The lowest BCUT2D eigenvalue weighted by atomic mass is 10.4. The molecule has 0 aliphatic heterocycles. The number of guanidine groups is 1. The summed E-state index contributed by atoms with van der Waals surface area (Å²) in [5.74, 6) is 1.66. The van der Waals surface area contributed by atoms with Gasteiger partial charge in [-0.1, -0.05) is 6.92 Å². The van der Waals surface area contributed by atoms with Crippen molar-refractivity contribution in [3.63, 3.8) is 0 Å². The number of nitrogens with zero attached hydrogens (tertiary/aromatic N) is 2. The van der Waals surface area contributed by atoms with Gasteiger partial charge < -0.3 is 15.5 Å². The van der Waals surface area contributed by atoms with Gasteiger partial charge in [0.25, 0.3) is 0 Å². The van der Waals surface area contributed by atoms with E-state index < -0.39 is 0 Å². The molecule has 5 heteroatoms. The standard InChI is InChI=1S/C11H22N4O/c1-8-7-9(8)14-11(12-2)13-6-5-10(16)15(3)4/h8-9H,5-7H2,1-4H3,(H2,12,13,14). The van der Waals surface area contributed by atoms with Crippen LogP contribution >= 0.6 is 0 Å². The highest BCUT2D eigenvalue weighted by Crippen LogP contribution is 2.28. The second-order valence-electron chi connectivity index (χ2n) is 4.50. The van der Waals surface area contributed by atoms with E-state index >= 15 is 0 Å². The van der Waals surface area contributed by atoms with Gasteiger partial charge in [-0.3, -0.25) is 9.79 Å². The van der Waals surface area contributed by atoms with Gasteiger partial charge in [0.15, 0.2) is 5.96 Å². The highest BCUT2D eigenvalue weighted by molar-refractivity contribution is 5.81. The Morgan fingerprint density at radius 2 is 2.12 bits per heavy atom. The van der Waals surface area contributed by atoms with E-state index in [1.165, 1.54) is 6.42 Å². The molecule has 0 aromatic carbocycles. The van der Waals surface area contributed by atoms with E-state index in [9.17, 15) is 4.79 Å². The third kappa shape index (κ3) is 4.08. The maximum atomic E-state index is 11.3. The lowest BCUT2D eigenvalue weighted by molar-refractivity contribution is -0.128. The Bertz CT molecular complexity index is 275. The van der Waals surface area contributed by atoms with Crippen LogP contribution in [0.15, 0.2) is 4.99 Å². The first-order valence-electron chi connectivity index (χ1n) is 5.72. The van der Waals surface area contributed by atoms with Crippen molar-refractivity contribution in [1.29, 1.82) is 0 Å². The van der Waals surface area contributed by atoms with Crippen LogP contribution in [0.4, 0.5) is 0 Å². The average Bonchev–Trinajstić information content (AvgIpc) is 2.92. The number of rotatable bonds is 4. The van der Waals surface area contributed by atoms with Crippen LogP contribution in [0.2, 0.25) is 0 Å². The molecule has 1 aliphatic carbocycles. The summed E-state index contributed by atoms with van der Waals surface area (Å²) in [7, 11) is 5.28. The maximum Gasteiger partial charge on any atom is 0.223 e. The van der Waals surface area contributed by atoms with Crippen molar-refractivity contribution < 1.29 is 4.79 Å². The van der Waals surface area contributed by atoms with Crippen LogP contribution in [0, 0.1) is 5.92 Å². The third-order valence-corrected chi connectivity index (χ3v) is 2.79. The second-order valence-corrected chi connectivity index (χ2v) is 4.50. The highest BCUT2D eigenvalue weighted by Gasteiger charge is 2.33. The van der Waals surface area contributed by atoms with Crippen molar-refractivity contribution in [1.82, 2.24) is 15.5 Å². The zero-order chi connectivity index (χ0) is 12.1. The monoisotopic (exact) mass is 226 g/mol. The topological polar surface area (TPSA) is 56.7 Å². The van der Waals surface area contributed by atoms with Crippen LogP contribution in [0.3, 0.4) is 0 Å². The van der Waals surface area contributed by atoms with E-state index in [1.54, 1.807) is 26.0 Å². The fourth-order valence-corrected chi connectivity index (χ4v) is 1.40. The first-order chi connectivity index (χ1) is 7.54. The summed E-state index contributed by atoms with van der Waals surface area (Å²) in [5.41, 5.74) is 0. The number of hydrogen-bond donors (Lipinski definition) is 2. The molecule has 92 valence electrons. The van der Waals surface area contributed by atoms with Crippen LogP contribution in [-0.2, 0) is 4.79 Å². The van der Waals surface area contributed by atoms with Crippen LogP contribution in [0.25, 0.3) is 0 Å². The van der Waals surface area contributed by atoms with Gasteiger partial charge >= 0.3 is 0 Å². The van der Waals surface area contributed by atoms with Gasteiger partial charge in [-0.15, -0.1) is 0 Å². The molecule has 0 heterocycles. The average molecular weight is 226 g/mol. The van der Waals surface area contributed by atoms with Crippen molar-refractivity contribution in [3.05, 3.63) is 0 Å². The summed E-state index contributed by atoms with van der Waals surface area (Å²) in [6.45, 7) is 2.83. The van der Waals surface area contributed by atoms with Gasteiger partial charge in [0, 0.05) is 40.2 Å². The molecule has 1 fully saturated rings. The summed E-state index contributed by atoms with van der Waals surface area (Å²) >= 11 is 0. The normalized spacial score (nSPS) is 23.9. The molecule has 2 unspecified atom stereocenters. The van der Waals surface area contributed by atoms with E-state index in [-0.39, 0.29) is 5.91 Å². The number of carbonyl (C=O) groups excluding carboxylic acids is 1. The minimum atomic E-state index is 0.128. The van der Waals surface area contributed by atoms with E-state index in [4.69, 9.17) is 0 Å². The molecule has 2 atom stereocenters. The molecular weight excluding hydrogens is 204 g/mol. The Kier molecular flexibility index (Phi) is 4.58. The molecule has 1 saturated carbocycles. The van der Waals surface area contributed by atoms with Gasteiger partial charge in [-0.05, 0) is 12.3 Å². The minimum absolute atomic E-state index is 0.128. The van der Waals surface area contributed by atoms with E-state index in [2.05, 4.69) is 22.5 Å². The molecule has 1 rings (SSSR count). The molecular formula is C11H22N4O. The Balaban J connectivity index is 2.17. The fourth-order valence-electron chi connectivity index (χ4n) is 1.40. The number of nitrogens with one attached hydrogen (secondary N) is 2. The predicted octanol–water partition coefficient (Wildman–Crippen LogP) is 0.0381. The molecule has 5 nitrogen and oxygen atoms in total.